The number of carboxylic acids is 1. The molecule has 1 amide bonds. The molecule has 0 unspecified atom stereocenters. The van der Waals surface area contributed by atoms with E-state index < -0.39 is 5.97 Å². The Labute approximate surface area is 116 Å². The quantitative estimate of drug-likeness (QED) is 0.714. The van der Waals surface area contributed by atoms with E-state index in [1.165, 1.54) is 12.4 Å². The number of carboxylic acid groups (broad SMARTS) is 1. The number of aromatic nitrogens is 2. The van der Waals surface area contributed by atoms with Gasteiger partial charge in [-0.1, -0.05) is 6.42 Å². The average molecular weight is 278 g/mol. The molecule has 0 aromatic carbocycles. The van der Waals surface area contributed by atoms with Crippen molar-refractivity contribution in [1.29, 1.82) is 0 Å². The second kappa shape index (κ2) is 5.85. The molecule has 1 aromatic rings. The van der Waals surface area contributed by atoms with Crippen molar-refractivity contribution in [2.24, 2.45) is 5.41 Å². The smallest absolute Gasteiger partial charge is 0.356 e. The van der Waals surface area contributed by atoms with E-state index in [4.69, 9.17) is 5.11 Å². The van der Waals surface area contributed by atoms with Crippen LogP contribution in [0.15, 0.2) is 12.4 Å². The summed E-state index contributed by atoms with van der Waals surface area (Å²) in [5.41, 5.74) is -0.471. The van der Waals surface area contributed by atoms with Crippen LogP contribution >= 0.6 is 0 Å². The number of aromatic carboxylic acids is 1. The fourth-order valence-electron chi connectivity index (χ4n) is 2.23. The largest absolute Gasteiger partial charge is 0.476 e. The molecule has 108 valence electrons. The first-order valence-corrected chi connectivity index (χ1v) is 6.65. The minimum atomic E-state index is -1.11. The molecule has 1 saturated carbocycles. The maximum Gasteiger partial charge on any atom is 0.356 e. The summed E-state index contributed by atoms with van der Waals surface area (Å²) >= 11 is 0. The highest BCUT2D eigenvalue weighted by Gasteiger charge is 2.43. The molecular weight excluding hydrogens is 260 g/mol. The van der Waals surface area contributed by atoms with E-state index in [0.29, 0.717) is 18.9 Å². The van der Waals surface area contributed by atoms with Crippen LogP contribution in [0.2, 0.25) is 0 Å². The molecular formula is C13H18N4O3. The van der Waals surface area contributed by atoms with E-state index in [0.717, 1.165) is 19.3 Å². The molecule has 0 saturated heterocycles. The predicted octanol–water partition coefficient (Wildman–Crippen LogP) is 0.893. The summed E-state index contributed by atoms with van der Waals surface area (Å²) in [5, 5.41) is 14.7. The van der Waals surface area contributed by atoms with Gasteiger partial charge in [0.25, 0.3) is 0 Å². The molecule has 0 radical (unpaired) electrons. The van der Waals surface area contributed by atoms with E-state index in [2.05, 4.69) is 20.6 Å². The van der Waals surface area contributed by atoms with E-state index in [1.54, 1.807) is 0 Å². The zero-order chi connectivity index (χ0) is 14.6. The summed E-state index contributed by atoms with van der Waals surface area (Å²) in [6.07, 6.45) is 5.32. The molecule has 1 aliphatic carbocycles. The lowest BCUT2D eigenvalue weighted by molar-refractivity contribution is -0.134. The van der Waals surface area contributed by atoms with Crippen LogP contribution in [0.3, 0.4) is 0 Å². The lowest BCUT2D eigenvalue weighted by atomic mass is 9.68. The Morgan fingerprint density at radius 1 is 1.35 bits per heavy atom. The first-order chi connectivity index (χ1) is 9.57. The Kier molecular flexibility index (Phi) is 4.16. The predicted molar refractivity (Wildman–Crippen MR) is 72.4 cm³/mol. The van der Waals surface area contributed by atoms with Gasteiger partial charge in [-0.25, -0.2) is 14.8 Å². The molecule has 1 heterocycles. The summed E-state index contributed by atoms with van der Waals surface area (Å²) in [6, 6.07) is 0. The van der Waals surface area contributed by atoms with Gasteiger partial charge in [0.1, 0.15) is 5.82 Å². The SMILES string of the molecule is CCNC(=O)C1(CNc2cnc(C(=O)O)cn2)CCC1. The minimum absolute atomic E-state index is 0.0638. The molecule has 1 fully saturated rings. The third-order valence-corrected chi connectivity index (χ3v) is 3.61. The second-order valence-corrected chi connectivity index (χ2v) is 4.94. The Bertz CT molecular complexity index is 497. The molecule has 3 N–H and O–H groups in total. The third kappa shape index (κ3) is 2.87. The first kappa shape index (κ1) is 14.2. The van der Waals surface area contributed by atoms with Gasteiger partial charge in [-0.05, 0) is 19.8 Å². The highest BCUT2D eigenvalue weighted by molar-refractivity contribution is 5.85. The normalized spacial score (nSPS) is 16.1. The van der Waals surface area contributed by atoms with Gasteiger partial charge < -0.3 is 15.7 Å². The topological polar surface area (TPSA) is 104 Å². The van der Waals surface area contributed by atoms with Gasteiger partial charge in [-0.2, -0.15) is 0 Å². The fourth-order valence-corrected chi connectivity index (χ4v) is 2.23. The van der Waals surface area contributed by atoms with E-state index in [1.807, 2.05) is 6.92 Å². The van der Waals surface area contributed by atoms with Gasteiger partial charge in [0.05, 0.1) is 17.8 Å². The minimum Gasteiger partial charge on any atom is -0.476 e. The third-order valence-electron chi connectivity index (χ3n) is 3.61. The van der Waals surface area contributed by atoms with Gasteiger partial charge in [0, 0.05) is 13.1 Å². The standard InChI is InChI=1S/C13H18N4O3/c1-2-14-12(20)13(4-3-5-13)8-17-10-7-15-9(6-16-10)11(18)19/h6-7H,2-5,8H2,1H3,(H,14,20)(H,16,17)(H,18,19). The van der Waals surface area contributed by atoms with Crippen molar-refractivity contribution >= 4 is 17.7 Å². The number of hydrogen-bond acceptors (Lipinski definition) is 5. The molecule has 20 heavy (non-hydrogen) atoms. The maximum atomic E-state index is 12.0. The Hall–Kier alpha value is -2.18. The zero-order valence-corrected chi connectivity index (χ0v) is 11.3. The summed E-state index contributed by atoms with van der Waals surface area (Å²) in [5.74, 6) is -0.568. The number of nitrogens with one attached hydrogen (secondary N) is 2. The molecule has 2 rings (SSSR count). The van der Waals surface area contributed by atoms with E-state index >= 15 is 0 Å². The number of amides is 1. The number of carbonyl (C=O) groups excluding carboxylic acids is 1. The maximum absolute atomic E-state index is 12.0. The lowest BCUT2D eigenvalue weighted by Crippen LogP contribution is -2.49. The van der Waals surface area contributed by atoms with Gasteiger partial charge in [0.15, 0.2) is 5.69 Å². The van der Waals surface area contributed by atoms with Crippen molar-refractivity contribution < 1.29 is 14.7 Å². The zero-order valence-electron chi connectivity index (χ0n) is 11.3. The van der Waals surface area contributed by atoms with Gasteiger partial charge in [0.2, 0.25) is 5.91 Å². The molecule has 0 spiro atoms. The number of rotatable bonds is 6. The molecule has 0 aliphatic heterocycles. The van der Waals surface area contributed by atoms with Crippen molar-refractivity contribution in [2.45, 2.75) is 26.2 Å². The Morgan fingerprint density at radius 2 is 2.10 bits per heavy atom. The molecule has 7 nitrogen and oxygen atoms in total. The average Bonchev–Trinajstić information content (AvgIpc) is 2.38. The monoisotopic (exact) mass is 278 g/mol. The van der Waals surface area contributed by atoms with Gasteiger partial charge >= 0.3 is 5.97 Å². The van der Waals surface area contributed by atoms with Crippen molar-refractivity contribution in [2.75, 3.05) is 18.4 Å². The summed E-state index contributed by atoms with van der Waals surface area (Å²) in [4.78, 5) is 30.5. The summed E-state index contributed by atoms with van der Waals surface area (Å²) in [7, 11) is 0. The molecule has 0 bridgehead atoms. The lowest BCUT2D eigenvalue weighted by Gasteiger charge is -2.40. The van der Waals surface area contributed by atoms with Crippen molar-refractivity contribution in [3.05, 3.63) is 18.1 Å². The number of anilines is 1. The van der Waals surface area contributed by atoms with Crippen LogP contribution in [0.25, 0.3) is 0 Å². The molecule has 1 aliphatic rings. The highest BCUT2D eigenvalue weighted by Crippen LogP contribution is 2.41. The highest BCUT2D eigenvalue weighted by atomic mass is 16.4. The van der Waals surface area contributed by atoms with Crippen molar-refractivity contribution in [1.82, 2.24) is 15.3 Å². The van der Waals surface area contributed by atoms with E-state index in [-0.39, 0.29) is 17.0 Å². The number of nitrogens with zero attached hydrogens (tertiary/aromatic N) is 2. The van der Waals surface area contributed by atoms with E-state index in [9.17, 15) is 9.59 Å². The Morgan fingerprint density at radius 3 is 2.55 bits per heavy atom. The van der Waals surface area contributed by atoms with Crippen LogP contribution in [0, 0.1) is 5.41 Å². The summed E-state index contributed by atoms with van der Waals surface area (Å²) in [6.45, 7) is 3.00. The van der Waals surface area contributed by atoms with Gasteiger partial charge in [-0.3, -0.25) is 4.79 Å². The van der Waals surface area contributed by atoms with Crippen LogP contribution in [0.4, 0.5) is 5.82 Å². The first-order valence-electron chi connectivity index (χ1n) is 6.65. The number of carbonyl (C=O) groups is 2. The van der Waals surface area contributed by atoms with Gasteiger partial charge in [-0.15, -0.1) is 0 Å². The second-order valence-electron chi connectivity index (χ2n) is 4.94. The fraction of sp³-hybridized carbons (Fsp3) is 0.538. The Balaban J connectivity index is 1.96. The molecule has 1 aromatic heterocycles. The van der Waals surface area contributed by atoms with Crippen molar-refractivity contribution in [3.8, 4) is 0 Å². The van der Waals surface area contributed by atoms with Crippen LogP contribution in [-0.2, 0) is 4.79 Å². The van der Waals surface area contributed by atoms with Crippen molar-refractivity contribution in [3.63, 3.8) is 0 Å². The van der Waals surface area contributed by atoms with Crippen LogP contribution in [0.1, 0.15) is 36.7 Å². The summed E-state index contributed by atoms with van der Waals surface area (Å²) < 4.78 is 0. The molecule has 7 heteroatoms. The van der Waals surface area contributed by atoms with Crippen LogP contribution in [0.5, 0.6) is 0 Å². The number of hydrogen-bond donors (Lipinski definition) is 3. The van der Waals surface area contributed by atoms with Crippen LogP contribution < -0.4 is 10.6 Å². The van der Waals surface area contributed by atoms with Crippen LogP contribution in [-0.4, -0.2) is 40.0 Å². The molecule has 0 atom stereocenters.